The zero-order chi connectivity index (χ0) is 9.97. The second-order valence-corrected chi connectivity index (χ2v) is 3.45. The highest BCUT2D eigenvalue weighted by Gasteiger charge is 2.23. The Morgan fingerprint density at radius 2 is 2.50 bits per heavy atom. The Morgan fingerprint density at radius 1 is 1.64 bits per heavy atom. The fraction of sp³-hybridized carbons (Fsp3) is 0.500. The highest BCUT2D eigenvalue weighted by Crippen LogP contribution is 2.25. The van der Waals surface area contributed by atoms with Crippen LogP contribution in [-0.2, 0) is 4.74 Å². The molecule has 2 heterocycles. The van der Waals surface area contributed by atoms with Gasteiger partial charge >= 0.3 is 5.97 Å². The Hall–Kier alpha value is -1.29. The Balaban J connectivity index is 2.24. The number of hydrogen-bond donors (Lipinski definition) is 2. The largest absolute Gasteiger partial charge is 0.464 e. The van der Waals surface area contributed by atoms with Crippen LogP contribution in [0.15, 0.2) is 12.3 Å². The van der Waals surface area contributed by atoms with E-state index in [9.17, 15) is 4.79 Å². The molecule has 1 unspecified atom stereocenters. The van der Waals surface area contributed by atoms with Crippen molar-refractivity contribution >= 4 is 5.97 Å². The molecule has 1 aromatic rings. The van der Waals surface area contributed by atoms with Gasteiger partial charge in [-0.1, -0.05) is 0 Å². The van der Waals surface area contributed by atoms with E-state index in [-0.39, 0.29) is 5.97 Å². The molecule has 0 saturated carbocycles. The van der Waals surface area contributed by atoms with Gasteiger partial charge in [-0.05, 0) is 25.5 Å². The molecule has 0 amide bonds. The third kappa shape index (κ3) is 1.53. The predicted octanol–water partition coefficient (Wildman–Crippen LogP) is 1.23. The van der Waals surface area contributed by atoms with Crippen LogP contribution in [0.25, 0.3) is 0 Å². The summed E-state index contributed by atoms with van der Waals surface area (Å²) < 4.78 is 4.70. The van der Waals surface area contributed by atoms with Crippen LogP contribution in [0.4, 0.5) is 0 Å². The molecule has 2 rings (SSSR count). The second kappa shape index (κ2) is 3.84. The van der Waals surface area contributed by atoms with Crippen molar-refractivity contribution in [3.63, 3.8) is 0 Å². The zero-order valence-electron chi connectivity index (χ0n) is 8.17. The van der Waals surface area contributed by atoms with Crippen molar-refractivity contribution in [2.75, 3.05) is 13.7 Å². The average Bonchev–Trinajstić information content (AvgIpc) is 2.85. The SMILES string of the molecule is COC(=O)c1[nH]ccc1C1CCCN1. The molecule has 1 aliphatic rings. The third-order valence-electron chi connectivity index (χ3n) is 2.60. The summed E-state index contributed by atoms with van der Waals surface area (Å²) in [4.78, 5) is 14.3. The van der Waals surface area contributed by atoms with Gasteiger partial charge in [0.1, 0.15) is 5.69 Å². The van der Waals surface area contributed by atoms with Crippen LogP contribution >= 0.6 is 0 Å². The highest BCUT2D eigenvalue weighted by molar-refractivity contribution is 5.89. The van der Waals surface area contributed by atoms with Crippen LogP contribution in [0.1, 0.15) is 34.9 Å². The summed E-state index contributed by atoms with van der Waals surface area (Å²) in [5, 5.41) is 3.35. The normalized spacial score (nSPS) is 21.1. The third-order valence-corrected chi connectivity index (χ3v) is 2.60. The standard InChI is InChI=1S/C10H14N2O2/c1-14-10(13)9-7(4-6-12-9)8-3-2-5-11-8/h4,6,8,11-12H,2-3,5H2,1H3. The lowest BCUT2D eigenvalue weighted by Crippen LogP contribution is -2.16. The van der Waals surface area contributed by atoms with Crippen LogP contribution in [-0.4, -0.2) is 24.6 Å². The number of carbonyl (C=O) groups excluding carboxylic acids is 1. The van der Waals surface area contributed by atoms with Crippen molar-refractivity contribution < 1.29 is 9.53 Å². The molecule has 1 atom stereocenters. The van der Waals surface area contributed by atoms with Crippen molar-refractivity contribution in [2.45, 2.75) is 18.9 Å². The van der Waals surface area contributed by atoms with Gasteiger partial charge in [0, 0.05) is 17.8 Å². The molecule has 1 aliphatic heterocycles. The summed E-state index contributed by atoms with van der Waals surface area (Å²) in [6, 6.07) is 2.24. The monoisotopic (exact) mass is 194 g/mol. The topological polar surface area (TPSA) is 54.1 Å². The van der Waals surface area contributed by atoms with Gasteiger partial charge in [0.25, 0.3) is 0 Å². The van der Waals surface area contributed by atoms with Gasteiger partial charge in [0.2, 0.25) is 0 Å². The maximum Gasteiger partial charge on any atom is 0.354 e. The molecule has 2 N–H and O–H groups in total. The molecule has 4 nitrogen and oxygen atoms in total. The lowest BCUT2D eigenvalue weighted by Gasteiger charge is -2.09. The van der Waals surface area contributed by atoms with Crippen LogP contribution in [0, 0.1) is 0 Å². The van der Waals surface area contributed by atoms with E-state index in [1.54, 1.807) is 6.20 Å². The van der Waals surface area contributed by atoms with Crippen LogP contribution in [0.3, 0.4) is 0 Å². The van der Waals surface area contributed by atoms with Crippen LogP contribution < -0.4 is 5.32 Å². The van der Waals surface area contributed by atoms with Gasteiger partial charge < -0.3 is 15.0 Å². The van der Waals surface area contributed by atoms with E-state index in [1.807, 2.05) is 6.07 Å². The number of carbonyl (C=O) groups is 1. The quantitative estimate of drug-likeness (QED) is 0.696. The number of hydrogen-bond acceptors (Lipinski definition) is 3. The number of H-pyrrole nitrogens is 1. The first-order valence-electron chi connectivity index (χ1n) is 4.82. The summed E-state index contributed by atoms with van der Waals surface area (Å²) >= 11 is 0. The Morgan fingerprint density at radius 3 is 3.14 bits per heavy atom. The van der Waals surface area contributed by atoms with Gasteiger partial charge in [-0.15, -0.1) is 0 Å². The molecule has 4 heteroatoms. The molecular weight excluding hydrogens is 180 g/mol. The molecule has 0 bridgehead atoms. The minimum Gasteiger partial charge on any atom is -0.464 e. The van der Waals surface area contributed by atoms with E-state index in [0.29, 0.717) is 11.7 Å². The number of nitrogens with one attached hydrogen (secondary N) is 2. The molecule has 0 aliphatic carbocycles. The van der Waals surface area contributed by atoms with E-state index < -0.39 is 0 Å². The predicted molar refractivity (Wildman–Crippen MR) is 52.1 cm³/mol. The first-order chi connectivity index (χ1) is 6.83. The Bertz CT molecular complexity index is 327. The number of rotatable bonds is 2. The van der Waals surface area contributed by atoms with E-state index >= 15 is 0 Å². The van der Waals surface area contributed by atoms with Gasteiger partial charge in [0.15, 0.2) is 0 Å². The van der Waals surface area contributed by atoms with Crippen LogP contribution in [0.2, 0.25) is 0 Å². The summed E-state index contributed by atoms with van der Waals surface area (Å²) in [6.45, 7) is 1.02. The van der Waals surface area contributed by atoms with E-state index in [4.69, 9.17) is 4.74 Å². The van der Waals surface area contributed by atoms with E-state index in [2.05, 4.69) is 10.3 Å². The average molecular weight is 194 g/mol. The maximum atomic E-state index is 11.4. The molecule has 76 valence electrons. The zero-order valence-corrected chi connectivity index (χ0v) is 8.17. The summed E-state index contributed by atoms with van der Waals surface area (Å²) in [7, 11) is 1.40. The van der Waals surface area contributed by atoms with Crippen molar-refractivity contribution in [1.29, 1.82) is 0 Å². The molecule has 0 aromatic carbocycles. The van der Waals surface area contributed by atoms with Crippen LogP contribution in [0.5, 0.6) is 0 Å². The Labute approximate surface area is 82.6 Å². The first-order valence-corrected chi connectivity index (χ1v) is 4.82. The van der Waals surface area contributed by atoms with Gasteiger partial charge in [-0.3, -0.25) is 0 Å². The lowest BCUT2D eigenvalue weighted by atomic mass is 10.1. The summed E-state index contributed by atoms with van der Waals surface area (Å²) in [5.74, 6) is -0.293. The Kier molecular flexibility index (Phi) is 2.54. The van der Waals surface area contributed by atoms with Crippen molar-refractivity contribution in [1.82, 2.24) is 10.3 Å². The molecule has 14 heavy (non-hydrogen) atoms. The maximum absolute atomic E-state index is 11.4. The van der Waals surface area contributed by atoms with Gasteiger partial charge in [-0.25, -0.2) is 4.79 Å². The number of methoxy groups -OCH3 is 1. The fourth-order valence-corrected chi connectivity index (χ4v) is 1.90. The number of aromatic nitrogens is 1. The molecule has 1 fully saturated rings. The number of ether oxygens (including phenoxy) is 1. The van der Waals surface area contributed by atoms with Crippen molar-refractivity contribution in [2.24, 2.45) is 0 Å². The number of esters is 1. The highest BCUT2D eigenvalue weighted by atomic mass is 16.5. The van der Waals surface area contributed by atoms with Crippen molar-refractivity contribution in [3.8, 4) is 0 Å². The summed E-state index contributed by atoms with van der Waals surface area (Å²) in [6.07, 6.45) is 4.03. The molecular formula is C10H14N2O2. The van der Waals surface area contributed by atoms with E-state index in [0.717, 1.165) is 24.9 Å². The molecule has 0 radical (unpaired) electrons. The summed E-state index contributed by atoms with van der Waals surface area (Å²) in [5.41, 5.74) is 1.60. The second-order valence-electron chi connectivity index (χ2n) is 3.45. The van der Waals surface area contributed by atoms with E-state index in [1.165, 1.54) is 7.11 Å². The lowest BCUT2D eigenvalue weighted by molar-refractivity contribution is 0.0593. The minimum atomic E-state index is -0.293. The van der Waals surface area contributed by atoms with Gasteiger partial charge in [-0.2, -0.15) is 0 Å². The first kappa shape index (κ1) is 9.27. The number of aromatic amines is 1. The van der Waals surface area contributed by atoms with Crippen molar-refractivity contribution in [3.05, 3.63) is 23.5 Å². The smallest absolute Gasteiger partial charge is 0.354 e. The molecule has 1 aromatic heterocycles. The fourth-order valence-electron chi connectivity index (χ4n) is 1.90. The molecule has 1 saturated heterocycles. The minimum absolute atomic E-state index is 0.293. The molecule has 0 spiro atoms. The van der Waals surface area contributed by atoms with Gasteiger partial charge in [0.05, 0.1) is 7.11 Å².